The second kappa shape index (κ2) is 5.96. The fourth-order valence-electron chi connectivity index (χ4n) is 2.74. The van der Waals surface area contributed by atoms with E-state index in [1.165, 1.54) is 5.56 Å². The second-order valence-corrected chi connectivity index (χ2v) is 5.51. The lowest BCUT2D eigenvalue weighted by atomic mass is 9.92. The third kappa shape index (κ3) is 2.73. The molecular weight excluding hydrogens is 272 g/mol. The van der Waals surface area contributed by atoms with E-state index in [2.05, 4.69) is 6.07 Å². The van der Waals surface area contributed by atoms with E-state index in [1.807, 2.05) is 42.5 Å². The van der Waals surface area contributed by atoms with Gasteiger partial charge in [0.1, 0.15) is 6.10 Å². The number of aliphatic hydroxyl groups is 1. The van der Waals surface area contributed by atoms with Gasteiger partial charge in [0.25, 0.3) is 0 Å². The van der Waals surface area contributed by atoms with Crippen molar-refractivity contribution >= 4 is 11.6 Å². The number of aliphatic hydroxyl groups excluding tert-OH is 1. The van der Waals surface area contributed by atoms with Gasteiger partial charge in [-0.2, -0.15) is 0 Å². The van der Waals surface area contributed by atoms with Crippen LogP contribution in [0.3, 0.4) is 0 Å². The van der Waals surface area contributed by atoms with E-state index >= 15 is 0 Å². The Bertz CT molecular complexity index is 597. The molecule has 2 aromatic rings. The Balaban J connectivity index is 1.82. The molecule has 1 N–H and O–H groups in total. The number of ether oxygens (including phenoxy) is 1. The van der Waals surface area contributed by atoms with Gasteiger partial charge >= 0.3 is 0 Å². The molecule has 1 aliphatic rings. The second-order valence-electron chi connectivity index (χ2n) is 5.10. The summed E-state index contributed by atoms with van der Waals surface area (Å²) < 4.78 is 5.79. The first-order valence-corrected chi connectivity index (χ1v) is 7.24. The molecule has 0 aromatic heterocycles. The number of rotatable bonds is 3. The van der Waals surface area contributed by atoms with Crippen molar-refractivity contribution in [2.45, 2.75) is 25.0 Å². The summed E-state index contributed by atoms with van der Waals surface area (Å²) in [6, 6.07) is 15.8. The molecule has 3 rings (SSSR count). The van der Waals surface area contributed by atoms with Crippen LogP contribution in [0, 0.1) is 0 Å². The zero-order valence-corrected chi connectivity index (χ0v) is 11.9. The summed E-state index contributed by atoms with van der Waals surface area (Å²) in [5.74, 6) is 0. The van der Waals surface area contributed by atoms with Crippen LogP contribution in [-0.2, 0) is 17.6 Å². The summed E-state index contributed by atoms with van der Waals surface area (Å²) >= 11 is 6.16. The summed E-state index contributed by atoms with van der Waals surface area (Å²) in [6.45, 7) is 0.654. The predicted molar refractivity (Wildman–Crippen MR) is 80.0 cm³/mol. The molecule has 0 saturated heterocycles. The molecular formula is C17H17ClO2. The third-order valence-electron chi connectivity index (χ3n) is 3.77. The van der Waals surface area contributed by atoms with Gasteiger partial charge in [-0.3, -0.25) is 0 Å². The highest BCUT2D eigenvalue weighted by Crippen LogP contribution is 2.31. The Morgan fingerprint density at radius 2 is 1.90 bits per heavy atom. The van der Waals surface area contributed by atoms with Crippen LogP contribution in [0.4, 0.5) is 0 Å². The number of halogens is 1. The lowest BCUT2D eigenvalue weighted by molar-refractivity contribution is -0.0460. The molecule has 0 spiro atoms. The molecule has 0 amide bonds. The van der Waals surface area contributed by atoms with E-state index in [4.69, 9.17) is 16.3 Å². The molecule has 2 atom stereocenters. The predicted octanol–water partition coefficient (Wildman–Crippen LogP) is 3.56. The van der Waals surface area contributed by atoms with Gasteiger partial charge in [0.2, 0.25) is 0 Å². The Kier molecular flexibility index (Phi) is 4.06. The van der Waals surface area contributed by atoms with Gasteiger partial charge in [0, 0.05) is 11.4 Å². The van der Waals surface area contributed by atoms with Gasteiger partial charge in [-0.15, -0.1) is 0 Å². The molecule has 0 fully saturated rings. The summed E-state index contributed by atoms with van der Waals surface area (Å²) in [5, 5.41) is 11.2. The minimum absolute atomic E-state index is 0.267. The van der Waals surface area contributed by atoms with Crippen molar-refractivity contribution < 1.29 is 9.84 Å². The van der Waals surface area contributed by atoms with Gasteiger partial charge in [-0.1, -0.05) is 54.1 Å². The van der Waals surface area contributed by atoms with Crippen LogP contribution >= 0.6 is 11.6 Å². The highest BCUT2D eigenvalue weighted by molar-refractivity contribution is 6.31. The molecule has 2 unspecified atom stereocenters. The van der Waals surface area contributed by atoms with Crippen molar-refractivity contribution in [3.05, 3.63) is 70.2 Å². The molecule has 2 aromatic carbocycles. The van der Waals surface area contributed by atoms with Gasteiger partial charge in [0.15, 0.2) is 0 Å². The van der Waals surface area contributed by atoms with Crippen LogP contribution in [0.5, 0.6) is 0 Å². The largest absolute Gasteiger partial charge is 0.390 e. The summed E-state index contributed by atoms with van der Waals surface area (Å²) in [4.78, 5) is 0. The van der Waals surface area contributed by atoms with E-state index in [9.17, 15) is 5.11 Å². The minimum Gasteiger partial charge on any atom is -0.390 e. The monoisotopic (exact) mass is 288 g/mol. The van der Waals surface area contributed by atoms with Crippen LogP contribution in [0.2, 0.25) is 5.02 Å². The zero-order valence-electron chi connectivity index (χ0n) is 11.1. The Hall–Kier alpha value is -1.35. The van der Waals surface area contributed by atoms with Crippen molar-refractivity contribution in [2.75, 3.05) is 6.61 Å². The van der Waals surface area contributed by atoms with Crippen molar-refractivity contribution in [2.24, 2.45) is 0 Å². The van der Waals surface area contributed by atoms with Crippen molar-refractivity contribution in [3.8, 4) is 0 Å². The Labute approximate surface area is 124 Å². The van der Waals surface area contributed by atoms with E-state index in [0.29, 0.717) is 18.1 Å². The summed E-state index contributed by atoms with van der Waals surface area (Å²) in [5.41, 5.74) is 3.31. The average Bonchev–Trinajstić information content (AvgIpc) is 2.49. The lowest BCUT2D eigenvalue weighted by Crippen LogP contribution is -2.28. The third-order valence-corrected chi connectivity index (χ3v) is 4.14. The maximum atomic E-state index is 10.5. The molecule has 1 aliphatic heterocycles. The molecule has 0 radical (unpaired) electrons. The number of hydrogen-bond acceptors (Lipinski definition) is 2. The van der Waals surface area contributed by atoms with Gasteiger partial charge in [0.05, 0.1) is 12.7 Å². The van der Waals surface area contributed by atoms with Crippen LogP contribution in [0.1, 0.15) is 22.8 Å². The van der Waals surface area contributed by atoms with Crippen molar-refractivity contribution in [1.82, 2.24) is 0 Å². The smallest absolute Gasteiger partial charge is 0.109 e. The maximum Gasteiger partial charge on any atom is 0.109 e. The maximum absolute atomic E-state index is 10.5. The van der Waals surface area contributed by atoms with Gasteiger partial charge < -0.3 is 9.84 Å². The molecule has 3 heteroatoms. The fraction of sp³-hybridized carbons (Fsp3) is 0.294. The first-order valence-electron chi connectivity index (χ1n) is 6.86. The van der Waals surface area contributed by atoms with E-state index in [-0.39, 0.29) is 6.10 Å². The zero-order chi connectivity index (χ0) is 13.9. The standard InChI is InChI=1S/C17H17ClO2/c18-15-8-4-2-6-13(15)11-16(19)17-14-7-3-1-5-12(14)9-10-20-17/h1-8,16-17,19H,9-11H2. The molecule has 0 saturated carbocycles. The minimum atomic E-state index is -0.587. The SMILES string of the molecule is OC(Cc1ccccc1Cl)C1OCCc2ccccc21. The lowest BCUT2D eigenvalue weighted by Gasteiger charge is -2.30. The summed E-state index contributed by atoms with van der Waals surface area (Å²) in [6.07, 6.45) is 0.553. The fourth-order valence-corrected chi connectivity index (χ4v) is 2.95. The molecule has 20 heavy (non-hydrogen) atoms. The van der Waals surface area contributed by atoms with Crippen LogP contribution in [0.15, 0.2) is 48.5 Å². The van der Waals surface area contributed by atoms with E-state index in [1.54, 1.807) is 0 Å². The number of fused-ring (bicyclic) bond motifs is 1. The van der Waals surface area contributed by atoms with Crippen molar-refractivity contribution in [1.29, 1.82) is 0 Å². The Morgan fingerprint density at radius 1 is 1.15 bits per heavy atom. The van der Waals surface area contributed by atoms with Crippen LogP contribution in [0.25, 0.3) is 0 Å². The highest BCUT2D eigenvalue weighted by atomic mass is 35.5. The number of benzene rings is 2. The Morgan fingerprint density at radius 3 is 2.75 bits per heavy atom. The van der Waals surface area contributed by atoms with E-state index < -0.39 is 6.10 Å². The van der Waals surface area contributed by atoms with Crippen LogP contribution < -0.4 is 0 Å². The van der Waals surface area contributed by atoms with Gasteiger partial charge in [-0.25, -0.2) is 0 Å². The van der Waals surface area contributed by atoms with E-state index in [0.717, 1.165) is 17.5 Å². The molecule has 1 heterocycles. The highest BCUT2D eigenvalue weighted by Gasteiger charge is 2.27. The first kappa shape index (κ1) is 13.6. The van der Waals surface area contributed by atoms with Crippen molar-refractivity contribution in [3.63, 3.8) is 0 Å². The molecule has 0 aliphatic carbocycles. The average molecular weight is 289 g/mol. The molecule has 2 nitrogen and oxygen atoms in total. The quantitative estimate of drug-likeness (QED) is 0.936. The first-order chi connectivity index (χ1) is 9.75. The molecule has 0 bridgehead atoms. The van der Waals surface area contributed by atoms with Gasteiger partial charge in [-0.05, 0) is 29.2 Å². The topological polar surface area (TPSA) is 29.5 Å². The summed E-state index contributed by atoms with van der Waals surface area (Å²) in [7, 11) is 0. The molecule has 104 valence electrons. The number of hydrogen-bond donors (Lipinski definition) is 1. The normalized spacial score (nSPS) is 19.4. The van der Waals surface area contributed by atoms with Crippen LogP contribution in [-0.4, -0.2) is 17.8 Å².